The van der Waals surface area contributed by atoms with Gasteiger partial charge >= 0.3 is 6.18 Å². The number of carbonyl (C=O) groups excluding carboxylic acids is 1. The van der Waals surface area contributed by atoms with Gasteiger partial charge in [0.05, 0.1) is 0 Å². The Kier molecular flexibility index (Phi) is 3.63. The normalized spacial score (nSPS) is 18.0. The first kappa shape index (κ1) is 14.6. The maximum atomic E-state index is 12.6. The van der Waals surface area contributed by atoms with E-state index in [9.17, 15) is 18.0 Å². The quantitative estimate of drug-likeness (QED) is 0.904. The Morgan fingerprint density at radius 1 is 1.50 bits per heavy atom. The van der Waals surface area contributed by atoms with Crippen LogP contribution in [0.25, 0.3) is 0 Å². The molecule has 3 rings (SSSR count). The number of aromatic nitrogens is 4. The predicted molar refractivity (Wildman–Crippen MR) is 70.0 cm³/mol. The molecule has 118 valence electrons. The zero-order valence-corrected chi connectivity index (χ0v) is 11.5. The van der Waals surface area contributed by atoms with E-state index in [4.69, 9.17) is 0 Å². The highest BCUT2D eigenvalue weighted by Gasteiger charge is 2.35. The highest BCUT2D eigenvalue weighted by atomic mass is 19.4. The van der Waals surface area contributed by atoms with E-state index < -0.39 is 11.9 Å². The molecule has 0 unspecified atom stereocenters. The molecule has 1 aliphatic heterocycles. The van der Waals surface area contributed by atoms with Gasteiger partial charge < -0.3 is 9.88 Å². The van der Waals surface area contributed by atoms with Gasteiger partial charge in [0.25, 0.3) is 5.91 Å². The van der Waals surface area contributed by atoms with E-state index in [0.29, 0.717) is 37.4 Å². The van der Waals surface area contributed by atoms with Crippen molar-refractivity contribution in [1.29, 1.82) is 0 Å². The SMILES string of the molecule is O=C(NC[C@H]1CCc2nc(C(F)(F)F)cn2C1)c1ccn[nH]1. The van der Waals surface area contributed by atoms with Crippen molar-refractivity contribution in [1.82, 2.24) is 25.1 Å². The third kappa shape index (κ3) is 2.97. The number of hydrogen-bond donors (Lipinski definition) is 2. The lowest BCUT2D eigenvalue weighted by atomic mass is 9.99. The van der Waals surface area contributed by atoms with Crippen molar-refractivity contribution >= 4 is 5.91 Å². The lowest BCUT2D eigenvalue weighted by molar-refractivity contribution is -0.141. The second-order valence-electron chi connectivity index (χ2n) is 5.28. The van der Waals surface area contributed by atoms with Gasteiger partial charge in [0.2, 0.25) is 0 Å². The Bertz CT molecular complexity index is 662. The zero-order chi connectivity index (χ0) is 15.7. The minimum Gasteiger partial charge on any atom is -0.350 e. The maximum Gasteiger partial charge on any atom is 0.434 e. The molecule has 2 aromatic heterocycles. The van der Waals surface area contributed by atoms with E-state index in [1.54, 1.807) is 6.07 Å². The average Bonchev–Trinajstić information content (AvgIpc) is 3.12. The molecule has 6 nitrogen and oxygen atoms in total. The number of H-pyrrole nitrogens is 1. The van der Waals surface area contributed by atoms with E-state index in [1.165, 1.54) is 10.8 Å². The molecular weight excluding hydrogens is 299 g/mol. The van der Waals surface area contributed by atoms with E-state index in [0.717, 1.165) is 6.20 Å². The Labute approximate surface area is 123 Å². The number of aryl methyl sites for hydroxylation is 1. The number of nitrogens with zero attached hydrogens (tertiary/aromatic N) is 3. The summed E-state index contributed by atoms with van der Waals surface area (Å²) in [5.74, 6) is 0.253. The number of amides is 1. The van der Waals surface area contributed by atoms with Crippen LogP contribution in [0.3, 0.4) is 0 Å². The average molecular weight is 313 g/mol. The predicted octanol–water partition coefficient (Wildman–Crippen LogP) is 1.62. The molecule has 2 N–H and O–H groups in total. The standard InChI is InChI=1S/C13H14F3N5O/c14-13(15,16)10-7-21-6-8(1-2-11(21)19-10)5-17-12(22)9-3-4-18-20-9/h3-4,7-8H,1-2,5-6H2,(H,17,22)(H,18,20)/t8-/m1/s1. The summed E-state index contributed by atoms with van der Waals surface area (Å²) in [5, 5.41) is 9.00. The molecule has 0 aliphatic carbocycles. The zero-order valence-electron chi connectivity index (χ0n) is 11.5. The number of imidazole rings is 1. The van der Waals surface area contributed by atoms with Crippen LogP contribution in [0.1, 0.15) is 28.4 Å². The summed E-state index contributed by atoms with van der Waals surface area (Å²) >= 11 is 0. The Morgan fingerprint density at radius 3 is 3.00 bits per heavy atom. The first-order chi connectivity index (χ1) is 10.4. The Balaban J connectivity index is 1.60. The van der Waals surface area contributed by atoms with Crippen molar-refractivity contribution in [3.8, 4) is 0 Å². The van der Waals surface area contributed by atoms with Crippen LogP contribution in [-0.4, -0.2) is 32.2 Å². The van der Waals surface area contributed by atoms with Gasteiger partial charge in [-0.2, -0.15) is 18.3 Å². The fourth-order valence-electron chi connectivity index (χ4n) is 2.53. The fraction of sp³-hybridized carbons (Fsp3) is 0.462. The van der Waals surface area contributed by atoms with Crippen molar-refractivity contribution in [3.05, 3.63) is 35.7 Å². The molecule has 0 saturated heterocycles. The highest BCUT2D eigenvalue weighted by Crippen LogP contribution is 2.30. The second-order valence-corrected chi connectivity index (χ2v) is 5.28. The van der Waals surface area contributed by atoms with Crippen molar-refractivity contribution < 1.29 is 18.0 Å². The summed E-state index contributed by atoms with van der Waals surface area (Å²) in [7, 11) is 0. The van der Waals surface area contributed by atoms with Crippen LogP contribution in [0, 0.1) is 5.92 Å². The van der Waals surface area contributed by atoms with Gasteiger partial charge in [-0.3, -0.25) is 9.89 Å². The van der Waals surface area contributed by atoms with Crippen LogP contribution in [0.2, 0.25) is 0 Å². The van der Waals surface area contributed by atoms with E-state index in [2.05, 4.69) is 20.5 Å². The lowest BCUT2D eigenvalue weighted by Crippen LogP contribution is -2.33. The summed E-state index contributed by atoms with van der Waals surface area (Å²) in [5.41, 5.74) is -0.497. The van der Waals surface area contributed by atoms with E-state index in [1.807, 2.05) is 0 Å². The Morgan fingerprint density at radius 2 is 2.32 bits per heavy atom. The smallest absolute Gasteiger partial charge is 0.350 e. The lowest BCUT2D eigenvalue weighted by Gasteiger charge is -2.23. The van der Waals surface area contributed by atoms with Crippen LogP contribution in [0.15, 0.2) is 18.5 Å². The van der Waals surface area contributed by atoms with Crippen LogP contribution in [-0.2, 0) is 19.1 Å². The van der Waals surface area contributed by atoms with Crippen molar-refractivity contribution in [3.63, 3.8) is 0 Å². The van der Waals surface area contributed by atoms with Gasteiger partial charge in [0.15, 0.2) is 5.69 Å². The molecule has 0 fully saturated rings. The number of nitrogens with one attached hydrogen (secondary N) is 2. The number of aromatic amines is 1. The van der Waals surface area contributed by atoms with Crippen LogP contribution in [0.5, 0.6) is 0 Å². The molecule has 1 amide bonds. The van der Waals surface area contributed by atoms with Crippen molar-refractivity contribution in [2.24, 2.45) is 5.92 Å². The van der Waals surface area contributed by atoms with E-state index in [-0.39, 0.29) is 11.8 Å². The number of hydrogen-bond acceptors (Lipinski definition) is 3. The summed E-state index contributed by atoms with van der Waals surface area (Å²) in [4.78, 5) is 15.4. The molecular formula is C13H14F3N5O. The summed E-state index contributed by atoms with van der Waals surface area (Å²) < 4.78 is 39.4. The molecule has 2 aromatic rings. The fourth-order valence-corrected chi connectivity index (χ4v) is 2.53. The van der Waals surface area contributed by atoms with Gasteiger partial charge in [-0.25, -0.2) is 4.98 Å². The molecule has 0 radical (unpaired) electrons. The summed E-state index contributed by atoms with van der Waals surface area (Å²) in [6.45, 7) is 0.818. The number of alkyl halides is 3. The highest BCUT2D eigenvalue weighted by molar-refractivity contribution is 5.92. The van der Waals surface area contributed by atoms with E-state index >= 15 is 0 Å². The summed E-state index contributed by atoms with van der Waals surface area (Å²) in [6, 6.07) is 1.56. The monoisotopic (exact) mass is 313 g/mol. The number of carbonyl (C=O) groups is 1. The third-order valence-electron chi connectivity index (χ3n) is 3.68. The molecule has 0 bridgehead atoms. The van der Waals surface area contributed by atoms with Crippen LogP contribution >= 0.6 is 0 Å². The van der Waals surface area contributed by atoms with Crippen molar-refractivity contribution in [2.45, 2.75) is 25.6 Å². The van der Waals surface area contributed by atoms with Gasteiger partial charge in [0, 0.05) is 31.9 Å². The van der Waals surface area contributed by atoms with Crippen LogP contribution < -0.4 is 5.32 Å². The molecule has 1 aliphatic rings. The number of rotatable bonds is 3. The molecule has 0 saturated carbocycles. The van der Waals surface area contributed by atoms with Gasteiger partial charge in [-0.15, -0.1) is 0 Å². The van der Waals surface area contributed by atoms with Crippen molar-refractivity contribution in [2.75, 3.05) is 6.54 Å². The van der Waals surface area contributed by atoms with Gasteiger partial charge in [-0.1, -0.05) is 0 Å². The van der Waals surface area contributed by atoms with Crippen LogP contribution in [0.4, 0.5) is 13.2 Å². The summed E-state index contributed by atoms with van der Waals surface area (Å²) in [6.07, 6.45) is -0.739. The third-order valence-corrected chi connectivity index (χ3v) is 3.68. The van der Waals surface area contributed by atoms with Gasteiger partial charge in [0.1, 0.15) is 11.5 Å². The molecule has 22 heavy (non-hydrogen) atoms. The number of fused-ring (bicyclic) bond motifs is 1. The topological polar surface area (TPSA) is 75.6 Å². The Hall–Kier alpha value is -2.32. The second kappa shape index (κ2) is 5.47. The molecule has 9 heteroatoms. The minimum absolute atomic E-state index is 0.0784. The minimum atomic E-state index is -4.42. The first-order valence-corrected chi connectivity index (χ1v) is 6.84. The molecule has 3 heterocycles. The molecule has 0 aromatic carbocycles. The largest absolute Gasteiger partial charge is 0.434 e. The molecule has 0 spiro atoms. The first-order valence-electron chi connectivity index (χ1n) is 6.84. The van der Waals surface area contributed by atoms with Gasteiger partial charge in [-0.05, 0) is 18.4 Å². The molecule has 1 atom stereocenters. The number of halogens is 3. The maximum absolute atomic E-state index is 12.6.